The Morgan fingerprint density at radius 2 is 2.06 bits per heavy atom. The van der Waals surface area contributed by atoms with Crippen LogP contribution in [0.5, 0.6) is 0 Å². The number of nitrogens with zero attached hydrogens (tertiary/aromatic N) is 2. The molecule has 0 radical (unpaired) electrons. The first kappa shape index (κ1) is 20.8. The highest BCUT2D eigenvalue weighted by Gasteiger charge is 2.35. The van der Waals surface area contributed by atoms with Gasteiger partial charge in [-0.2, -0.15) is 0 Å². The Kier molecular flexibility index (Phi) is 5.27. The maximum Gasteiger partial charge on any atom is 0.356 e. The number of pyridine rings is 1. The molecule has 32 heavy (non-hydrogen) atoms. The quantitative estimate of drug-likeness (QED) is 0.591. The van der Waals surface area contributed by atoms with E-state index in [1.807, 2.05) is 10.6 Å². The summed E-state index contributed by atoms with van der Waals surface area (Å²) in [4.78, 5) is 42.6. The van der Waals surface area contributed by atoms with Crippen molar-refractivity contribution in [1.82, 2.24) is 14.5 Å². The van der Waals surface area contributed by atoms with Crippen LogP contribution in [-0.2, 0) is 16.1 Å². The molecular formula is C23H23ClN4O4. The van der Waals surface area contributed by atoms with Gasteiger partial charge in [-0.1, -0.05) is 17.7 Å². The third kappa shape index (κ3) is 3.69. The highest BCUT2D eigenvalue weighted by Crippen LogP contribution is 2.35. The summed E-state index contributed by atoms with van der Waals surface area (Å²) in [6, 6.07) is 10.6. The number of amides is 1. The lowest BCUT2D eigenvalue weighted by Crippen LogP contribution is -2.49. The Balaban J connectivity index is 1.36. The monoisotopic (exact) mass is 454 g/mol. The van der Waals surface area contributed by atoms with Gasteiger partial charge in [0.15, 0.2) is 0 Å². The number of methoxy groups -OCH3 is 1. The maximum absolute atomic E-state index is 13.0. The van der Waals surface area contributed by atoms with Crippen molar-refractivity contribution in [2.75, 3.05) is 32.1 Å². The van der Waals surface area contributed by atoms with E-state index in [9.17, 15) is 14.4 Å². The predicted octanol–water partition coefficient (Wildman–Crippen LogP) is 2.83. The molecule has 2 N–H and O–H groups in total. The number of hydrogen-bond acceptors (Lipinski definition) is 5. The van der Waals surface area contributed by atoms with Crippen molar-refractivity contribution in [1.29, 1.82) is 0 Å². The normalized spacial score (nSPS) is 20.1. The standard InChI is InChI=1S/C23H23ClN4O4/c1-32-23(31)22-21(16-8-15(24)5-6-17(16)25-22)26-19(29)12-27-9-13-7-14(11-27)18-3-2-4-20(30)28(18)10-13/h2-6,8,13-14,25H,7,9-12H2,1H3,(H,26,29)/t13-,14-/m1/s1. The second-order valence-corrected chi connectivity index (χ2v) is 8.93. The fourth-order valence-electron chi connectivity index (χ4n) is 5.06. The number of H-pyrrole nitrogens is 1. The average Bonchev–Trinajstić information content (AvgIpc) is 3.11. The Bertz CT molecular complexity index is 1280. The van der Waals surface area contributed by atoms with Gasteiger partial charge >= 0.3 is 5.97 Å². The predicted molar refractivity (Wildman–Crippen MR) is 121 cm³/mol. The van der Waals surface area contributed by atoms with E-state index in [1.165, 1.54) is 7.11 Å². The largest absolute Gasteiger partial charge is 0.464 e. The van der Waals surface area contributed by atoms with Gasteiger partial charge in [-0.25, -0.2) is 4.79 Å². The van der Waals surface area contributed by atoms with E-state index < -0.39 is 5.97 Å². The maximum atomic E-state index is 13.0. The number of aromatic nitrogens is 2. The smallest absolute Gasteiger partial charge is 0.356 e. The van der Waals surface area contributed by atoms with E-state index in [1.54, 1.807) is 30.3 Å². The van der Waals surface area contributed by atoms with Gasteiger partial charge in [0.2, 0.25) is 5.91 Å². The zero-order valence-corrected chi connectivity index (χ0v) is 18.3. The summed E-state index contributed by atoms with van der Waals surface area (Å²) < 4.78 is 6.74. The lowest BCUT2D eigenvalue weighted by Gasteiger charge is -2.42. The molecular weight excluding hydrogens is 432 g/mol. The van der Waals surface area contributed by atoms with Crippen LogP contribution >= 0.6 is 11.6 Å². The van der Waals surface area contributed by atoms with Crippen molar-refractivity contribution >= 4 is 40.1 Å². The van der Waals surface area contributed by atoms with Crippen molar-refractivity contribution in [3.8, 4) is 0 Å². The molecule has 166 valence electrons. The van der Waals surface area contributed by atoms with Crippen LogP contribution in [0, 0.1) is 5.92 Å². The number of piperidine rings is 1. The van der Waals surface area contributed by atoms with Gasteiger partial charge in [0.25, 0.3) is 5.56 Å². The number of halogens is 1. The van der Waals surface area contributed by atoms with Crippen molar-refractivity contribution in [3.63, 3.8) is 0 Å². The first-order valence-corrected chi connectivity index (χ1v) is 10.9. The van der Waals surface area contributed by atoms with Gasteiger partial charge < -0.3 is 19.6 Å². The molecule has 9 heteroatoms. The van der Waals surface area contributed by atoms with E-state index in [4.69, 9.17) is 16.3 Å². The highest BCUT2D eigenvalue weighted by atomic mass is 35.5. The van der Waals surface area contributed by atoms with Crippen molar-refractivity contribution < 1.29 is 14.3 Å². The van der Waals surface area contributed by atoms with Crippen molar-refractivity contribution in [3.05, 3.63) is 63.2 Å². The molecule has 2 atom stereocenters. The van der Waals surface area contributed by atoms with Crippen LogP contribution in [0.25, 0.3) is 10.9 Å². The van der Waals surface area contributed by atoms with Gasteiger partial charge in [0.05, 0.1) is 19.3 Å². The zero-order valence-electron chi connectivity index (χ0n) is 17.6. The summed E-state index contributed by atoms with van der Waals surface area (Å²) in [6.45, 7) is 2.32. The topological polar surface area (TPSA) is 96.4 Å². The number of aromatic amines is 1. The number of esters is 1. The molecule has 0 aliphatic carbocycles. The number of rotatable bonds is 4. The highest BCUT2D eigenvalue weighted by molar-refractivity contribution is 6.31. The average molecular weight is 455 g/mol. The molecule has 2 aliphatic heterocycles. The Hall–Kier alpha value is -3.10. The Morgan fingerprint density at radius 3 is 2.88 bits per heavy atom. The minimum atomic E-state index is -0.567. The second-order valence-electron chi connectivity index (χ2n) is 8.50. The minimum absolute atomic E-state index is 0.0386. The third-order valence-electron chi connectivity index (χ3n) is 6.34. The number of carbonyl (C=O) groups excluding carboxylic acids is 2. The van der Waals surface area contributed by atoms with E-state index in [-0.39, 0.29) is 29.6 Å². The molecule has 0 unspecified atom stereocenters. The number of benzene rings is 1. The van der Waals surface area contributed by atoms with Gasteiger partial charge in [-0.15, -0.1) is 0 Å². The van der Waals surface area contributed by atoms with Crippen LogP contribution in [0.4, 0.5) is 5.69 Å². The fourth-order valence-corrected chi connectivity index (χ4v) is 5.23. The number of likely N-dealkylation sites (tertiary alicyclic amines) is 1. The van der Waals surface area contributed by atoms with Crippen LogP contribution in [0.1, 0.15) is 28.5 Å². The lowest BCUT2D eigenvalue weighted by molar-refractivity contribution is -0.117. The molecule has 1 saturated heterocycles. The number of anilines is 1. The number of carbonyl (C=O) groups is 2. The summed E-state index contributed by atoms with van der Waals surface area (Å²) in [5, 5.41) is 4.04. The van der Waals surface area contributed by atoms with Crippen LogP contribution in [0.15, 0.2) is 41.2 Å². The summed E-state index contributed by atoms with van der Waals surface area (Å²) >= 11 is 6.14. The minimum Gasteiger partial charge on any atom is -0.464 e. The number of ether oxygens (including phenoxy) is 1. The molecule has 2 bridgehead atoms. The zero-order chi connectivity index (χ0) is 22.4. The summed E-state index contributed by atoms with van der Waals surface area (Å²) in [5.41, 5.74) is 2.31. The van der Waals surface area contributed by atoms with Crippen LogP contribution in [0.3, 0.4) is 0 Å². The number of fused-ring (bicyclic) bond motifs is 5. The summed E-state index contributed by atoms with van der Waals surface area (Å²) in [5.74, 6) is -0.239. The summed E-state index contributed by atoms with van der Waals surface area (Å²) in [7, 11) is 1.29. The first-order valence-electron chi connectivity index (χ1n) is 10.5. The molecule has 0 saturated carbocycles. The molecule has 5 rings (SSSR count). The SMILES string of the molecule is COC(=O)c1[nH]c2ccc(Cl)cc2c1NC(=O)CN1C[C@H]2C[C@H](C1)c1cccc(=O)n1C2. The first-order chi connectivity index (χ1) is 15.4. The van der Waals surface area contributed by atoms with Crippen LogP contribution in [0.2, 0.25) is 5.02 Å². The van der Waals surface area contributed by atoms with Crippen LogP contribution < -0.4 is 10.9 Å². The molecule has 1 amide bonds. The molecule has 1 fully saturated rings. The van der Waals surface area contributed by atoms with Gasteiger partial charge in [-0.3, -0.25) is 14.5 Å². The lowest BCUT2D eigenvalue weighted by atomic mass is 9.83. The van der Waals surface area contributed by atoms with Crippen molar-refractivity contribution in [2.24, 2.45) is 5.92 Å². The van der Waals surface area contributed by atoms with Gasteiger partial charge in [-0.05, 0) is 36.6 Å². The molecule has 4 heterocycles. The van der Waals surface area contributed by atoms with Gasteiger partial charge in [0.1, 0.15) is 5.69 Å². The number of hydrogen-bond donors (Lipinski definition) is 2. The number of nitrogens with one attached hydrogen (secondary N) is 2. The van der Waals surface area contributed by atoms with E-state index in [2.05, 4.69) is 15.2 Å². The molecule has 2 aliphatic rings. The van der Waals surface area contributed by atoms with E-state index in [0.717, 1.165) is 18.7 Å². The molecule has 0 spiro atoms. The molecule has 2 aromatic heterocycles. The summed E-state index contributed by atoms with van der Waals surface area (Å²) in [6.07, 6.45) is 1.02. The van der Waals surface area contributed by atoms with Crippen molar-refractivity contribution in [2.45, 2.75) is 18.9 Å². The molecule has 8 nitrogen and oxygen atoms in total. The van der Waals surface area contributed by atoms with E-state index in [0.29, 0.717) is 40.6 Å². The Morgan fingerprint density at radius 1 is 1.22 bits per heavy atom. The molecule has 3 aromatic rings. The van der Waals surface area contributed by atoms with E-state index >= 15 is 0 Å². The van der Waals surface area contributed by atoms with Gasteiger partial charge in [0, 0.05) is 53.2 Å². The second kappa shape index (κ2) is 8.11. The van der Waals surface area contributed by atoms with Crippen LogP contribution in [-0.4, -0.2) is 53.1 Å². The fraction of sp³-hybridized carbons (Fsp3) is 0.348. The Labute approximate surface area is 189 Å². The third-order valence-corrected chi connectivity index (χ3v) is 6.57. The molecule has 1 aromatic carbocycles.